The fourth-order valence-electron chi connectivity index (χ4n) is 2.44. The number of halogens is 2. The van der Waals surface area contributed by atoms with Crippen LogP contribution in [0.25, 0.3) is 0 Å². The van der Waals surface area contributed by atoms with E-state index < -0.39 is 0 Å². The number of nitrogens with zero attached hydrogens (tertiary/aromatic N) is 1. The molecule has 0 unspecified atom stereocenters. The van der Waals surface area contributed by atoms with Crippen LogP contribution in [0.1, 0.15) is 25.3 Å². The minimum absolute atomic E-state index is 0.429. The topological polar surface area (TPSA) is 12.5 Å². The van der Waals surface area contributed by atoms with Gasteiger partial charge in [-0.25, -0.2) is 0 Å². The molecular formula is C14H19BrClNO. The fourth-order valence-corrected chi connectivity index (χ4v) is 3.08. The summed E-state index contributed by atoms with van der Waals surface area (Å²) in [6.07, 6.45) is 2.63. The zero-order chi connectivity index (χ0) is 13.0. The van der Waals surface area contributed by atoms with Crippen LogP contribution in [0.15, 0.2) is 18.2 Å². The van der Waals surface area contributed by atoms with Gasteiger partial charge >= 0.3 is 0 Å². The van der Waals surface area contributed by atoms with Crippen molar-refractivity contribution < 1.29 is 4.74 Å². The Bertz CT molecular complexity index is 391. The van der Waals surface area contributed by atoms with Gasteiger partial charge in [0.15, 0.2) is 0 Å². The molecular weight excluding hydrogens is 314 g/mol. The fraction of sp³-hybridized carbons (Fsp3) is 0.571. The van der Waals surface area contributed by atoms with Gasteiger partial charge in [-0.3, -0.25) is 0 Å². The molecule has 1 aromatic carbocycles. The third-order valence-electron chi connectivity index (χ3n) is 3.38. The van der Waals surface area contributed by atoms with Gasteiger partial charge in [0.05, 0.1) is 6.10 Å². The molecule has 18 heavy (non-hydrogen) atoms. The summed E-state index contributed by atoms with van der Waals surface area (Å²) in [6, 6.07) is 6.12. The minimum Gasteiger partial charge on any atom is -0.378 e. The van der Waals surface area contributed by atoms with Gasteiger partial charge < -0.3 is 9.64 Å². The maximum atomic E-state index is 6.10. The quantitative estimate of drug-likeness (QED) is 0.765. The van der Waals surface area contributed by atoms with Crippen LogP contribution in [0.5, 0.6) is 0 Å². The molecule has 4 heteroatoms. The second-order valence-electron chi connectivity index (χ2n) is 4.55. The lowest BCUT2D eigenvalue weighted by atomic mass is 10.1. The van der Waals surface area contributed by atoms with Crippen molar-refractivity contribution in [1.82, 2.24) is 0 Å². The molecule has 0 spiro atoms. The highest BCUT2D eigenvalue weighted by molar-refractivity contribution is 9.08. The smallest absolute Gasteiger partial charge is 0.0608 e. The van der Waals surface area contributed by atoms with E-state index in [1.807, 2.05) is 6.07 Å². The highest BCUT2D eigenvalue weighted by Crippen LogP contribution is 2.29. The molecule has 2 nitrogen and oxygen atoms in total. The third kappa shape index (κ3) is 3.40. The van der Waals surface area contributed by atoms with Crippen LogP contribution in [-0.2, 0) is 10.1 Å². The maximum Gasteiger partial charge on any atom is 0.0608 e. The highest BCUT2D eigenvalue weighted by Gasteiger charge is 2.21. The molecule has 1 aromatic rings. The molecule has 0 N–H and O–H groups in total. The Morgan fingerprint density at radius 1 is 1.39 bits per heavy atom. The van der Waals surface area contributed by atoms with Crippen molar-refractivity contribution in [3.63, 3.8) is 0 Å². The number of anilines is 1. The molecule has 0 bridgehead atoms. The number of benzene rings is 1. The lowest BCUT2D eigenvalue weighted by Gasteiger charge is -2.34. The average Bonchev–Trinajstić information content (AvgIpc) is 2.40. The Kier molecular flexibility index (Phi) is 5.34. The minimum atomic E-state index is 0.429. The summed E-state index contributed by atoms with van der Waals surface area (Å²) in [5.41, 5.74) is 2.56. The Morgan fingerprint density at radius 3 is 2.72 bits per heavy atom. The standard InChI is InChI=1S/C14H19BrClNO/c1-2-18-13-5-7-17(8-6-13)14-9-12(16)4-3-11(14)10-15/h3-4,9,13H,2,5-8,10H2,1H3. The Labute approximate surface area is 122 Å². The monoisotopic (exact) mass is 331 g/mol. The van der Waals surface area contributed by atoms with E-state index >= 15 is 0 Å². The lowest BCUT2D eigenvalue weighted by Crippen LogP contribution is -2.37. The molecule has 1 heterocycles. The van der Waals surface area contributed by atoms with Crippen LogP contribution >= 0.6 is 27.5 Å². The first-order valence-electron chi connectivity index (χ1n) is 6.45. The van der Waals surface area contributed by atoms with Gasteiger partial charge in [-0.2, -0.15) is 0 Å². The Morgan fingerprint density at radius 2 is 2.11 bits per heavy atom. The summed E-state index contributed by atoms with van der Waals surface area (Å²) >= 11 is 9.65. The largest absolute Gasteiger partial charge is 0.378 e. The molecule has 100 valence electrons. The van der Waals surface area contributed by atoms with Crippen molar-refractivity contribution in [1.29, 1.82) is 0 Å². The molecule has 2 rings (SSSR count). The van der Waals surface area contributed by atoms with Crippen LogP contribution in [0, 0.1) is 0 Å². The third-order valence-corrected chi connectivity index (χ3v) is 4.22. The summed E-state index contributed by atoms with van der Waals surface area (Å²) < 4.78 is 5.69. The molecule has 0 radical (unpaired) electrons. The predicted molar refractivity (Wildman–Crippen MR) is 80.9 cm³/mol. The van der Waals surface area contributed by atoms with Crippen LogP contribution in [0.4, 0.5) is 5.69 Å². The Hall–Kier alpha value is -0.250. The van der Waals surface area contributed by atoms with E-state index in [0.717, 1.165) is 42.9 Å². The molecule has 1 aliphatic heterocycles. The van der Waals surface area contributed by atoms with Crippen molar-refractivity contribution in [3.8, 4) is 0 Å². The molecule has 1 saturated heterocycles. The first-order chi connectivity index (χ1) is 8.74. The zero-order valence-electron chi connectivity index (χ0n) is 10.7. The average molecular weight is 333 g/mol. The molecule has 0 aliphatic carbocycles. The van der Waals surface area contributed by atoms with Gasteiger partial charge in [-0.05, 0) is 37.5 Å². The lowest BCUT2D eigenvalue weighted by molar-refractivity contribution is 0.0459. The van der Waals surface area contributed by atoms with Gasteiger partial charge in [-0.15, -0.1) is 0 Å². The number of rotatable bonds is 4. The number of ether oxygens (including phenoxy) is 1. The van der Waals surface area contributed by atoms with Crippen LogP contribution in [0.3, 0.4) is 0 Å². The van der Waals surface area contributed by atoms with Gasteiger partial charge in [-0.1, -0.05) is 33.6 Å². The number of hydrogen-bond acceptors (Lipinski definition) is 2. The van der Waals surface area contributed by atoms with Gasteiger partial charge in [0.1, 0.15) is 0 Å². The number of hydrogen-bond donors (Lipinski definition) is 0. The molecule has 0 saturated carbocycles. The van der Waals surface area contributed by atoms with E-state index in [4.69, 9.17) is 16.3 Å². The zero-order valence-corrected chi connectivity index (χ0v) is 13.0. The molecule has 0 amide bonds. The summed E-state index contributed by atoms with van der Waals surface area (Å²) in [4.78, 5) is 2.41. The second-order valence-corrected chi connectivity index (χ2v) is 5.55. The summed E-state index contributed by atoms with van der Waals surface area (Å²) in [5.74, 6) is 0. The molecule has 0 atom stereocenters. The van der Waals surface area contributed by atoms with E-state index in [-0.39, 0.29) is 0 Å². The van der Waals surface area contributed by atoms with E-state index in [0.29, 0.717) is 6.10 Å². The van der Waals surface area contributed by atoms with Crippen molar-refractivity contribution in [2.24, 2.45) is 0 Å². The normalized spacial score (nSPS) is 17.2. The van der Waals surface area contributed by atoms with E-state index in [1.54, 1.807) is 0 Å². The van der Waals surface area contributed by atoms with Crippen LogP contribution in [-0.4, -0.2) is 25.8 Å². The second kappa shape index (κ2) is 6.78. The maximum absolute atomic E-state index is 6.10. The highest BCUT2D eigenvalue weighted by atomic mass is 79.9. The first kappa shape index (κ1) is 14.2. The summed E-state index contributed by atoms with van der Waals surface area (Å²) in [5, 5.41) is 1.67. The van der Waals surface area contributed by atoms with Crippen molar-refractivity contribution in [2.75, 3.05) is 24.6 Å². The Balaban J connectivity index is 2.06. The van der Waals surface area contributed by atoms with E-state index in [1.165, 1.54) is 11.3 Å². The molecule has 0 aromatic heterocycles. The van der Waals surface area contributed by atoms with Crippen LogP contribution in [0.2, 0.25) is 5.02 Å². The van der Waals surface area contributed by atoms with E-state index in [9.17, 15) is 0 Å². The number of piperidine rings is 1. The SMILES string of the molecule is CCOC1CCN(c2cc(Cl)ccc2CBr)CC1. The molecule has 1 fully saturated rings. The van der Waals surface area contributed by atoms with Crippen LogP contribution < -0.4 is 4.90 Å². The summed E-state index contributed by atoms with van der Waals surface area (Å²) in [6.45, 7) is 4.97. The summed E-state index contributed by atoms with van der Waals surface area (Å²) in [7, 11) is 0. The van der Waals surface area contributed by atoms with Crippen molar-refractivity contribution in [2.45, 2.75) is 31.2 Å². The van der Waals surface area contributed by atoms with E-state index in [2.05, 4.69) is 39.9 Å². The van der Waals surface area contributed by atoms with Gasteiger partial charge in [0.25, 0.3) is 0 Å². The number of alkyl halides is 1. The first-order valence-corrected chi connectivity index (χ1v) is 7.95. The van der Waals surface area contributed by atoms with Gasteiger partial charge in [0, 0.05) is 35.7 Å². The van der Waals surface area contributed by atoms with Crippen molar-refractivity contribution in [3.05, 3.63) is 28.8 Å². The van der Waals surface area contributed by atoms with Crippen molar-refractivity contribution >= 4 is 33.2 Å². The van der Waals surface area contributed by atoms with Gasteiger partial charge in [0.2, 0.25) is 0 Å². The predicted octanol–water partition coefficient (Wildman–Crippen LogP) is 4.24. The molecule has 1 aliphatic rings.